The molecule has 0 atom stereocenters. The molecule has 5 rings (SSSR count). The molecule has 0 radical (unpaired) electrons. The number of piperidine rings is 1. The van der Waals surface area contributed by atoms with Crippen molar-refractivity contribution in [1.29, 1.82) is 0 Å². The van der Waals surface area contributed by atoms with Crippen molar-refractivity contribution in [3.05, 3.63) is 53.7 Å². The number of para-hydroxylation sites is 1. The number of hydrogen-bond acceptors (Lipinski definition) is 9. The maximum Gasteiger partial charge on any atom is 0.272 e. The summed E-state index contributed by atoms with van der Waals surface area (Å²) in [6.45, 7) is 1.77. The van der Waals surface area contributed by atoms with Gasteiger partial charge in [-0.2, -0.15) is 0 Å². The summed E-state index contributed by atoms with van der Waals surface area (Å²) >= 11 is 0. The Hall–Kier alpha value is -4.19. The van der Waals surface area contributed by atoms with Crippen molar-refractivity contribution in [2.24, 2.45) is 0 Å². The lowest BCUT2D eigenvalue weighted by Gasteiger charge is -2.43. The van der Waals surface area contributed by atoms with Gasteiger partial charge in [-0.25, -0.2) is 18.1 Å². The van der Waals surface area contributed by atoms with Gasteiger partial charge in [0.2, 0.25) is 5.91 Å². The average molecular weight is 554 g/mol. The smallest absolute Gasteiger partial charge is 0.272 e. The topological polar surface area (TPSA) is 141 Å². The van der Waals surface area contributed by atoms with Crippen molar-refractivity contribution in [2.75, 3.05) is 27.3 Å². The first-order valence-corrected chi connectivity index (χ1v) is 13.7. The minimum absolute atomic E-state index is 0.0465. The summed E-state index contributed by atoms with van der Waals surface area (Å²) < 4.78 is 43.8. The van der Waals surface area contributed by atoms with Crippen molar-refractivity contribution in [3.8, 4) is 17.2 Å². The number of carbonyl (C=O) groups is 3. The van der Waals surface area contributed by atoms with Crippen LogP contribution < -0.4 is 18.9 Å². The molecular formula is C27H27N3O8S. The molecule has 0 saturated carbocycles. The number of pyridine rings is 1. The van der Waals surface area contributed by atoms with Crippen LogP contribution in [0.2, 0.25) is 0 Å². The van der Waals surface area contributed by atoms with Crippen LogP contribution in [-0.2, 0) is 14.8 Å². The Morgan fingerprint density at radius 1 is 1.05 bits per heavy atom. The summed E-state index contributed by atoms with van der Waals surface area (Å²) in [4.78, 5) is 43.8. The Labute approximate surface area is 225 Å². The third-order valence-electron chi connectivity index (χ3n) is 7.03. The Morgan fingerprint density at radius 3 is 2.44 bits per heavy atom. The van der Waals surface area contributed by atoms with Crippen molar-refractivity contribution >= 4 is 38.5 Å². The van der Waals surface area contributed by atoms with Crippen LogP contribution in [0.4, 0.5) is 0 Å². The highest BCUT2D eigenvalue weighted by atomic mass is 32.2. The second-order valence-electron chi connectivity index (χ2n) is 9.56. The molecule has 39 heavy (non-hydrogen) atoms. The van der Waals surface area contributed by atoms with E-state index in [0.717, 1.165) is 12.3 Å². The third kappa shape index (κ3) is 4.87. The fourth-order valence-corrected chi connectivity index (χ4v) is 6.10. The largest absolute Gasteiger partial charge is 0.496 e. The molecule has 1 aromatic heterocycles. The van der Waals surface area contributed by atoms with Crippen LogP contribution >= 0.6 is 0 Å². The number of Topliss-reactive ketones (excluding diaryl/α,β-unsaturated/α-hetero) is 1. The van der Waals surface area contributed by atoms with E-state index < -0.39 is 21.5 Å². The van der Waals surface area contributed by atoms with Gasteiger partial charge in [0.25, 0.3) is 15.9 Å². The van der Waals surface area contributed by atoms with Gasteiger partial charge in [0.05, 0.1) is 31.1 Å². The summed E-state index contributed by atoms with van der Waals surface area (Å²) in [5.74, 6) is 0.0513. The summed E-state index contributed by atoms with van der Waals surface area (Å²) in [6.07, 6.45) is 0.860. The standard InChI is InChI=1S/C27H27N3O8S/c1-16(31)29-39(34,35)17-7-8-22-19(13-17)21(32)15-27(38-22)9-11-30(12-10-27)26(33)20-14-24(37-3)18-5-4-6-23(36-2)25(18)28-20/h4-8,13-14H,9-12,15H2,1-3H3,(H,29,31). The number of methoxy groups -OCH3 is 2. The highest BCUT2D eigenvalue weighted by Gasteiger charge is 2.44. The van der Waals surface area contributed by atoms with Crippen LogP contribution in [-0.4, -0.2) is 68.8 Å². The molecule has 12 heteroatoms. The average Bonchev–Trinajstić information content (AvgIpc) is 2.91. The minimum Gasteiger partial charge on any atom is -0.496 e. The number of sulfonamides is 1. The molecule has 3 aromatic rings. The maximum absolute atomic E-state index is 13.4. The Morgan fingerprint density at radius 2 is 1.77 bits per heavy atom. The number of aromatic nitrogens is 1. The first kappa shape index (κ1) is 26.4. The van der Waals surface area contributed by atoms with Gasteiger partial charge in [-0.15, -0.1) is 0 Å². The number of nitrogens with one attached hydrogen (secondary N) is 1. The first-order chi connectivity index (χ1) is 18.6. The van der Waals surface area contributed by atoms with Crippen LogP contribution in [0.1, 0.15) is 47.0 Å². The van der Waals surface area contributed by atoms with E-state index >= 15 is 0 Å². The number of nitrogens with zero attached hydrogens (tertiary/aromatic N) is 2. The number of amides is 2. The maximum atomic E-state index is 13.4. The molecule has 1 saturated heterocycles. The fourth-order valence-electron chi connectivity index (χ4n) is 5.08. The summed E-state index contributed by atoms with van der Waals surface area (Å²) in [7, 11) is -1.03. The first-order valence-electron chi connectivity index (χ1n) is 12.3. The summed E-state index contributed by atoms with van der Waals surface area (Å²) in [6, 6.07) is 11.0. The lowest BCUT2D eigenvalue weighted by Crippen LogP contribution is -2.52. The fraction of sp³-hybridized carbons (Fsp3) is 0.333. The van der Waals surface area contributed by atoms with Crippen LogP contribution in [0.3, 0.4) is 0 Å². The van der Waals surface area contributed by atoms with E-state index in [9.17, 15) is 22.8 Å². The van der Waals surface area contributed by atoms with Gasteiger partial charge in [0, 0.05) is 44.3 Å². The molecule has 0 aliphatic carbocycles. The van der Waals surface area contributed by atoms with Gasteiger partial charge in [0.1, 0.15) is 34.1 Å². The van der Waals surface area contributed by atoms with E-state index in [1.165, 1.54) is 32.4 Å². The number of hydrogen-bond donors (Lipinski definition) is 1. The lowest BCUT2D eigenvalue weighted by atomic mass is 9.82. The second kappa shape index (κ2) is 9.84. The number of ketones is 1. The van der Waals surface area contributed by atoms with E-state index in [1.807, 2.05) is 16.9 Å². The number of carbonyl (C=O) groups excluding carboxylic acids is 3. The van der Waals surface area contributed by atoms with E-state index in [1.54, 1.807) is 17.0 Å². The van der Waals surface area contributed by atoms with Gasteiger partial charge >= 0.3 is 0 Å². The SMILES string of the molecule is COc1cc(C(=O)N2CCC3(CC2)CC(=O)c2cc(S(=O)(=O)NC(C)=O)ccc2O3)nc2c(OC)cccc12. The Balaban J connectivity index is 1.34. The molecule has 11 nitrogen and oxygen atoms in total. The molecular weight excluding hydrogens is 526 g/mol. The number of benzene rings is 2. The molecule has 2 aromatic carbocycles. The summed E-state index contributed by atoms with van der Waals surface area (Å²) in [5, 5.41) is 0.729. The van der Waals surface area contributed by atoms with Gasteiger partial charge in [-0.1, -0.05) is 6.07 Å². The van der Waals surface area contributed by atoms with E-state index in [-0.39, 0.29) is 40.0 Å². The molecule has 3 heterocycles. The van der Waals surface area contributed by atoms with Crippen molar-refractivity contribution in [2.45, 2.75) is 36.7 Å². The van der Waals surface area contributed by atoms with E-state index in [0.29, 0.717) is 42.9 Å². The highest BCUT2D eigenvalue weighted by molar-refractivity contribution is 7.90. The molecule has 2 aliphatic heterocycles. The van der Waals surface area contributed by atoms with Crippen molar-refractivity contribution < 1.29 is 37.0 Å². The van der Waals surface area contributed by atoms with Crippen LogP contribution in [0.5, 0.6) is 17.2 Å². The van der Waals surface area contributed by atoms with E-state index in [2.05, 4.69) is 4.98 Å². The molecule has 0 bridgehead atoms. The van der Waals surface area contributed by atoms with Gasteiger partial charge in [-0.3, -0.25) is 14.4 Å². The van der Waals surface area contributed by atoms with Crippen LogP contribution in [0.25, 0.3) is 10.9 Å². The number of fused-ring (bicyclic) bond motifs is 2. The molecule has 1 N–H and O–H groups in total. The number of rotatable bonds is 5. The zero-order valence-electron chi connectivity index (χ0n) is 21.6. The zero-order chi connectivity index (χ0) is 27.9. The summed E-state index contributed by atoms with van der Waals surface area (Å²) in [5.41, 5.74) is 0.0795. The zero-order valence-corrected chi connectivity index (χ0v) is 22.5. The molecule has 2 amide bonds. The predicted molar refractivity (Wildman–Crippen MR) is 140 cm³/mol. The van der Waals surface area contributed by atoms with Crippen molar-refractivity contribution in [3.63, 3.8) is 0 Å². The number of ether oxygens (including phenoxy) is 3. The van der Waals surface area contributed by atoms with Gasteiger partial charge in [-0.05, 0) is 30.3 Å². The quantitative estimate of drug-likeness (QED) is 0.505. The monoisotopic (exact) mass is 553 g/mol. The minimum atomic E-state index is -4.09. The Kier molecular flexibility index (Phi) is 6.67. The predicted octanol–water partition coefficient (Wildman–Crippen LogP) is 2.72. The molecule has 1 spiro atoms. The molecule has 2 aliphatic rings. The van der Waals surface area contributed by atoms with Gasteiger partial charge in [0.15, 0.2) is 5.78 Å². The molecule has 0 unspecified atom stereocenters. The van der Waals surface area contributed by atoms with Crippen LogP contribution in [0.15, 0.2) is 47.4 Å². The van der Waals surface area contributed by atoms with Crippen LogP contribution in [0, 0.1) is 0 Å². The normalized spacial score (nSPS) is 16.4. The number of likely N-dealkylation sites (tertiary alicyclic amines) is 1. The van der Waals surface area contributed by atoms with Crippen molar-refractivity contribution in [1.82, 2.24) is 14.6 Å². The molecule has 204 valence electrons. The third-order valence-corrected chi connectivity index (χ3v) is 8.47. The van der Waals surface area contributed by atoms with Gasteiger partial charge < -0.3 is 19.1 Å². The lowest BCUT2D eigenvalue weighted by molar-refractivity contribution is -0.117. The highest BCUT2D eigenvalue weighted by Crippen LogP contribution is 2.40. The Bertz CT molecular complexity index is 1610. The second-order valence-corrected chi connectivity index (χ2v) is 11.2. The van der Waals surface area contributed by atoms with E-state index in [4.69, 9.17) is 14.2 Å². The molecule has 1 fully saturated rings.